The molecule has 0 spiro atoms. The Morgan fingerprint density at radius 2 is 2.00 bits per heavy atom. The van der Waals surface area contributed by atoms with Crippen LogP contribution < -0.4 is 5.73 Å². The first-order valence-electron chi connectivity index (χ1n) is 6.22. The van der Waals surface area contributed by atoms with E-state index in [0.717, 1.165) is 38.1 Å². The van der Waals surface area contributed by atoms with Crippen LogP contribution in [0.1, 0.15) is 26.7 Å². The van der Waals surface area contributed by atoms with Gasteiger partial charge in [0.25, 0.3) is 0 Å². The summed E-state index contributed by atoms with van der Waals surface area (Å²) in [4.78, 5) is 2.51. The molecule has 0 atom stereocenters. The van der Waals surface area contributed by atoms with E-state index in [4.69, 9.17) is 10.5 Å². The minimum absolute atomic E-state index is 0.733. The first kappa shape index (κ1) is 12.9. The fourth-order valence-corrected chi connectivity index (χ4v) is 2.25. The number of nitrogens with zero attached hydrogens (tertiary/aromatic N) is 1. The minimum atomic E-state index is 0.733. The first-order valence-corrected chi connectivity index (χ1v) is 6.22. The molecule has 0 bridgehead atoms. The Kier molecular flexibility index (Phi) is 6.22. The third kappa shape index (κ3) is 5.50. The fraction of sp³-hybridized carbons (Fsp3) is 1.00. The molecule has 0 radical (unpaired) electrons. The predicted octanol–water partition coefficient (Wildman–Crippen LogP) is 1.33. The molecular formula is C12H26N2O. The lowest BCUT2D eigenvalue weighted by Gasteiger charge is -2.30. The van der Waals surface area contributed by atoms with Gasteiger partial charge in [0.15, 0.2) is 0 Å². The predicted molar refractivity (Wildman–Crippen MR) is 63.9 cm³/mol. The molecule has 1 aliphatic heterocycles. The van der Waals surface area contributed by atoms with Gasteiger partial charge in [-0.3, -0.25) is 0 Å². The zero-order valence-electron chi connectivity index (χ0n) is 10.2. The van der Waals surface area contributed by atoms with Crippen LogP contribution in [0.15, 0.2) is 0 Å². The smallest absolute Gasteiger partial charge is 0.0469 e. The van der Waals surface area contributed by atoms with Crippen molar-refractivity contribution in [2.24, 2.45) is 17.6 Å². The number of ether oxygens (including phenoxy) is 1. The van der Waals surface area contributed by atoms with Gasteiger partial charge in [-0.1, -0.05) is 13.8 Å². The van der Waals surface area contributed by atoms with Crippen LogP contribution in [0.3, 0.4) is 0 Å². The van der Waals surface area contributed by atoms with Crippen LogP contribution in [0.5, 0.6) is 0 Å². The second-order valence-electron chi connectivity index (χ2n) is 5.00. The molecule has 1 rings (SSSR count). The molecule has 3 nitrogen and oxygen atoms in total. The Bertz CT molecular complexity index is 156. The SMILES string of the molecule is CC(C)CN(CCN)CC1CCOCC1. The van der Waals surface area contributed by atoms with Gasteiger partial charge in [0.1, 0.15) is 0 Å². The summed E-state index contributed by atoms with van der Waals surface area (Å²) in [5.74, 6) is 1.56. The van der Waals surface area contributed by atoms with Crippen LogP contribution >= 0.6 is 0 Å². The summed E-state index contributed by atoms with van der Waals surface area (Å²) in [6.07, 6.45) is 2.44. The maximum atomic E-state index is 5.64. The normalized spacial score (nSPS) is 19.0. The standard InChI is InChI=1S/C12H26N2O/c1-11(2)9-14(6-5-13)10-12-3-7-15-8-4-12/h11-12H,3-10,13H2,1-2H3. The van der Waals surface area contributed by atoms with Crippen LogP contribution in [0.4, 0.5) is 0 Å². The Balaban J connectivity index is 2.28. The van der Waals surface area contributed by atoms with E-state index in [2.05, 4.69) is 18.7 Å². The van der Waals surface area contributed by atoms with Crippen molar-refractivity contribution in [2.45, 2.75) is 26.7 Å². The maximum Gasteiger partial charge on any atom is 0.0469 e. The number of hydrogen-bond donors (Lipinski definition) is 1. The molecule has 1 saturated heterocycles. The van der Waals surface area contributed by atoms with Crippen molar-refractivity contribution in [3.05, 3.63) is 0 Å². The second-order valence-corrected chi connectivity index (χ2v) is 5.00. The summed E-state index contributed by atoms with van der Waals surface area (Å²) in [6.45, 7) is 10.6. The van der Waals surface area contributed by atoms with Crippen LogP contribution in [-0.2, 0) is 4.74 Å². The molecule has 3 heteroatoms. The first-order chi connectivity index (χ1) is 7.22. The quantitative estimate of drug-likeness (QED) is 0.725. The van der Waals surface area contributed by atoms with Crippen molar-refractivity contribution in [2.75, 3.05) is 39.4 Å². The van der Waals surface area contributed by atoms with Gasteiger partial charge >= 0.3 is 0 Å². The van der Waals surface area contributed by atoms with Crippen molar-refractivity contribution in [3.8, 4) is 0 Å². The number of nitrogens with two attached hydrogens (primary N) is 1. The second kappa shape index (κ2) is 7.20. The molecule has 1 heterocycles. The van der Waals surface area contributed by atoms with E-state index in [1.54, 1.807) is 0 Å². The summed E-state index contributed by atoms with van der Waals surface area (Å²) in [6, 6.07) is 0. The van der Waals surface area contributed by atoms with E-state index < -0.39 is 0 Å². The van der Waals surface area contributed by atoms with Crippen molar-refractivity contribution in [1.82, 2.24) is 4.90 Å². The van der Waals surface area contributed by atoms with Gasteiger partial charge in [-0.25, -0.2) is 0 Å². The van der Waals surface area contributed by atoms with Gasteiger partial charge in [-0.05, 0) is 24.7 Å². The average Bonchev–Trinajstić information content (AvgIpc) is 2.18. The maximum absolute atomic E-state index is 5.64. The highest BCUT2D eigenvalue weighted by Gasteiger charge is 2.17. The number of hydrogen-bond acceptors (Lipinski definition) is 3. The molecular weight excluding hydrogens is 188 g/mol. The lowest BCUT2D eigenvalue weighted by Crippen LogP contribution is -2.38. The Hall–Kier alpha value is -0.120. The summed E-state index contributed by atoms with van der Waals surface area (Å²) in [5, 5.41) is 0. The van der Waals surface area contributed by atoms with E-state index in [0.29, 0.717) is 0 Å². The molecule has 0 aromatic heterocycles. The van der Waals surface area contributed by atoms with Crippen LogP contribution in [0.2, 0.25) is 0 Å². The molecule has 0 saturated carbocycles. The molecule has 90 valence electrons. The van der Waals surface area contributed by atoms with Gasteiger partial charge in [0.05, 0.1) is 0 Å². The molecule has 15 heavy (non-hydrogen) atoms. The molecule has 1 fully saturated rings. The largest absolute Gasteiger partial charge is 0.381 e. The third-order valence-corrected chi connectivity index (χ3v) is 2.93. The van der Waals surface area contributed by atoms with E-state index in [1.807, 2.05) is 0 Å². The van der Waals surface area contributed by atoms with Crippen LogP contribution in [-0.4, -0.2) is 44.3 Å². The van der Waals surface area contributed by atoms with E-state index in [1.165, 1.54) is 25.9 Å². The summed E-state index contributed by atoms with van der Waals surface area (Å²) >= 11 is 0. The molecule has 1 aliphatic rings. The Morgan fingerprint density at radius 3 is 2.53 bits per heavy atom. The Labute approximate surface area is 94.0 Å². The van der Waals surface area contributed by atoms with Gasteiger partial charge < -0.3 is 15.4 Å². The molecule has 0 amide bonds. The molecule has 0 unspecified atom stereocenters. The molecule has 0 aromatic rings. The van der Waals surface area contributed by atoms with Gasteiger partial charge in [0.2, 0.25) is 0 Å². The van der Waals surface area contributed by atoms with Gasteiger partial charge in [-0.2, -0.15) is 0 Å². The zero-order chi connectivity index (χ0) is 11.1. The van der Waals surface area contributed by atoms with Gasteiger partial charge in [-0.15, -0.1) is 0 Å². The van der Waals surface area contributed by atoms with Crippen molar-refractivity contribution in [1.29, 1.82) is 0 Å². The summed E-state index contributed by atoms with van der Waals surface area (Å²) < 4.78 is 5.38. The van der Waals surface area contributed by atoms with Gasteiger partial charge in [0, 0.05) is 39.4 Å². The topological polar surface area (TPSA) is 38.5 Å². The average molecular weight is 214 g/mol. The summed E-state index contributed by atoms with van der Waals surface area (Å²) in [5.41, 5.74) is 5.64. The highest BCUT2D eigenvalue weighted by molar-refractivity contribution is 4.70. The fourth-order valence-electron chi connectivity index (χ4n) is 2.25. The van der Waals surface area contributed by atoms with E-state index >= 15 is 0 Å². The van der Waals surface area contributed by atoms with Crippen LogP contribution in [0.25, 0.3) is 0 Å². The van der Waals surface area contributed by atoms with Crippen molar-refractivity contribution >= 4 is 0 Å². The Morgan fingerprint density at radius 1 is 1.33 bits per heavy atom. The molecule has 2 N–H and O–H groups in total. The monoisotopic (exact) mass is 214 g/mol. The minimum Gasteiger partial charge on any atom is -0.381 e. The highest BCUT2D eigenvalue weighted by atomic mass is 16.5. The molecule has 0 aromatic carbocycles. The van der Waals surface area contributed by atoms with Crippen molar-refractivity contribution < 1.29 is 4.74 Å². The summed E-state index contributed by atoms with van der Waals surface area (Å²) in [7, 11) is 0. The lowest BCUT2D eigenvalue weighted by atomic mass is 9.99. The van der Waals surface area contributed by atoms with Crippen LogP contribution in [0, 0.1) is 11.8 Å². The highest BCUT2D eigenvalue weighted by Crippen LogP contribution is 2.16. The van der Waals surface area contributed by atoms with E-state index in [9.17, 15) is 0 Å². The third-order valence-electron chi connectivity index (χ3n) is 2.93. The zero-order valence-corrected chi connectivity index (χ0v) is 10.2. The lowest BCUT2D eigenvalue weighted by molar-refractivity contribution is 0.0513. The van der Waals surface area contributed by atoms with Crippen molar-refractivity contribution in [3.63, 3.8) is 0 Å². The molecule has 0 aliphatic carbocycles. The number of rotatable bonds is 6. The van der Waals surface area contributed by atoms with E-state index in [-0.39, 0.29) is 0 Å².